The van der Waals surface area contributed by atoms with E-state index in [9.17, 15) is 4.79 Å². The Labute approximate surface area is 141 Å². The van der Waals surface area contributed by atoms with E-state index in [0.29, 0.717) is 24.8 Å². The van der Waals surface area contributed by atoms with Crippen LogP contribution in [0.3, 0.4) is 0 Å². The van der Waals surface area contributed by atoms with Gasteiger partial charge in [0.1, 0.15) is 11.5 Å². The molecular weight excluding hydrogens is 308 g/mol. The van der Waals surface area contributed by atoms with E-state index in [1.807, 2.05) is 25.1 Å². The summed E-state index contributed by atoms with van der Waals surface area (Å²) >= 11 is 0. The smallest absolute Gasteiger partial charge is 0.273 e. The molecule has 2 aromatic rings. The van der Waals surface area contributed by atoms with E-state index in [0.717, 1.165) is 36.5 Å². The van der Waals surface area contributed by atoms with Crippen LogP contribution in [0, 0.1) is 19.8 Å². The van der Waals surface area contributed by atoms with Gasteiger partial charge in [-0.1, -0.05) is 17.3 Å². The average Bonchev–Trinajstić information content (AvgIpc) is 3.23. The van der Waals surface area contributed by atoms with Crippen molar-refractivity contribution in [1.82, 2.24) is 10.5 Å². The van der Waals surface area contributed by atoms with E-state index in [4.69, 9.17) is 14.0 Å². The van der Waals surface area contributed by atoms with Gasteiger partial charge in [-0.3, -0.25) is 4.79 Å². The molecule has 3 rings (SSSR count). The highest BCUT2D eigenvalue weighted by Gasteiger charge is 2.17. The van der Waals surface area contributed by atoms with Gasteiger partial charge in [0.25, 0.3) is 5.91 Å². The van der Waals surface area contributed by atoms with Crippen LogP contribution in [-0.4, -0.2) is 30.9 Å². The SMILES string of the molecule is Cc1ccc(CNC(=O)c2cc(C)on2)c(OC[C@H]2CCOC2)c1. The summed E-state index contributed by atoms with van der Waals surface area (Å²) in [7, 11) is 0. The van der Waals surface area contributed by atoms with Crippen LogP contribution in [0.4, 0.5) is 0 Å². The number of rotatable bonds is 6. The maximum Gasteiger partial charge on any atom is 0.273 e. The molecule has 2 heterocycles. The molecule has 0 saturated carbocycles. The summed E-state index contributed by atoms with van der Waals surface area (Å²) in [6.45, 7) is 6.34. The third-order valence-electron chi connectivity index (χ3n) is 4.02. The lowest BCUT2D eigenvalue weighted by atomic mass is 10.1. The second kappa shape index (κ2) is 7.49. The molecule has 0 radical (unpaired) electrons. The molecule has 1 aliphatic rings. The largest absolute Gasteiger partial charge is 0.493 e. The molecule has 0 unspecified atom stereocenters. The van der Waals surface area contributed by atoms with E-state index in [1.54, 1.807) is 13.0 Å². The first kappa shape index (κ1) is 16.5. The number of aryl methyl sites for hydroxylation is 2. The molecule has 0 aliphatic carbocycles. The molecule has 0 spiro atoms. The van der Waals surface area contributed by atoms with Crippen molar-refractivity contribution in [2.24, 2.45) is 5.92 Å². The monoisotopic (exact) mass is 330 g/mol. The van der Waals surface area contributed by atoms with Gasteiger partial charge in [0.2, 0.25) is 0 Å². The minimum atomic E-state index is -0.262. The molecule has 1 aromatic carbocycles. The number of carbonyl (C=O) groups excluding carboxylic acids is 1. The number of amides is 1. The number of carbonyl (C=O) groups is 1. The van der Waals surface area contributed by atoms with Gasteiger partial charge >= 0.3 is 0 Å². The molecular formula is C18H22N2O4. The van der Waals surface area contributed by atoms with Gasteiger partial charge in [-0.15, -0.1) is 0 Å². The van der Waals surface area contributed by atoms with E-state index < -0.39 is 0 Å². The van der Waals surface area contributed by atoms with Crippen molar-refractivity contribution in [2.45, 2.75) is 26.8 Å². The van der Waals surface area contributed by atoms with Crippen molar-refractivity contribution in [1.29, 1.82) is 0 Å². The Kier molecular flexibility index (Phi) is 5.15. The third-order valence-corrected chi connectivity index (χ3v) is 4.02. The first-order chi connectivity index (χ1) is 11.6. The summed E-state index contributed by atoms with van der Waals surface area (Å²) < 4.78 is 16.3. The quantitative estimate of drug-likeness (QED) is 0.881. The number of benzene rings is 1. The van der Waals surface area contributed by atoms with Crippen LogP contribution in [0.15, 0.2) is 28.8 Å². The lowest BCUT2D eigenvalue weighted by Crippen LogP contribution is -2.23. The maximum atomic E-state index is 12.1. The zero-order valence-corrected chi connectivity index (χ0v) is 14.0. The molecule has 0 bridgehead atoms. The van der Waals surface area contributed by atoms with Crippen molar-refractivity contribution < 1.29 is 18.8 Å². The first-order valence-electron chi connectivity index (χ1n) is 8.13. The number of aromatic nitrogens is 1. The second-order valence-corrected chi connectivity index (χ2v) is 6.16. The number of nitrogens with zero attached hydrogens (tertiary/aromatic N) is 1. The summed E-state index contributed by atoms with van der Waals surface area (Å²) in [5, 5.41) is 6.57. The Morgan fingerprint density at radius 2 is 2.25 bits per heavy atom. The van der Waals surface area contributed by atoms with E-state index in [2.05, 4.69) is 10.5 Å². The van der Waals surface area contributed by atoms with Crippen LogP contribution in [-0.2, 0) is 11.3 Å². The normalized spacial score (nSPS) is 17.0. The number of hydrogen-bond donors (Lipinski definition) is 1. The highest BCUT2D eigenvalue weighted by atomic mass is 16.5. The molecule has 6 nitrogen and oxygen atoms in total. The topological polar surface area (TPSA) is 73.6 Å². The van der Waals surface area contributed by atoms with E-state index in [-0.39, 0.29) is 11.6 Å². The fourth-order valence-electron chi connectivity index (χ4n) is 2.60. The molecule has 1 amide bonds. The van der Waals surface area contributed by atoms with Gasteiger partial charge in [-0.05, 0) is 31.9 Å². The lowest BCUT2D eigenvalue weighted by molar-refractivity contribution is 0.0941. The lowest BCUT2D eigenvalue weighted by Gasteiger charge is -2.15. The molecule has 24 heavy (non-hydrogen) atoms. The summed E-state index contributed by atoms with van der Waals surface area (Å²) in [5.74, 6) is 1.59. The molecule has 1 N–H and O–H groups in total. The van der Waals surface area contributed by atoms with E-state index in [1.165, 1.54) is 0 Å². The minimum absolute atomic E-state index is 0.262. The summed E-state index contributed by atoms with van der Waals surface area (Å²) in [4.78, 5) is 12.1. The molecule has 1 atom stereocenters. The van der Waals surface area contributed by atoms with Crippen LogP contribution >= 0.6 is 0 Å². The van der Waals surface area contributed by atoms with Crippen molar-refractivity contribution >= 4 is 5.91 Å². The Balaban J connectivity index is 1.62. The van der Waals surface area contributed by atoms with Gasteiger partial charge in [-0.2, -0.15) is 0 Å². The summed E-state index contributed by atoms with van der Waals surface area (Å²) in [5.41, 5.74) is 2.34. The summed E-state index contributed by atoms with van der Waals surface area (Å²) in [6.07, 6.45) is 1.03. The highest BCUT2D eigenvalue weighted by Crippen LogP contribution is 2.22. The fraction of sp³-hybridized carbons (Fsp3) is 0.444. The number of ether oxygens (including phenoxy) is 2. The molecule has 1 fully saturated rings. The standard InChI is InChI=1S/C18H22N2O4/c1-12-3-4-15(9-19-18(21)16-8-13(2)24-20-16)17(7-12)23-11-14-5-6-22-10-14/h3-4,7-8,14H,5-6,9-11H2,1-2H3,(H,19,21)/t14-/m0/s1. The Hall–Kier alpha value is -2.34. The van der Waals surface area contributed by atoms with Gasteiger partial charge in [0.05, 0.1) is 13.2 Å². The number of nitrogens with one attached hydrogen (secondary N) is 1. The average molecular weight is 330 g/mol. The number of hydrogen-bond acceptors (Lipinski definition) is 5. The summed E-state index contributed by atoms with van der Waals surface area (Å²) in [6, 6.07) is 7.59. The second-order valence-electron chi connectivity index (χ2n) is 6.16. The van der Waals surface area contributed by atoms with Crippen LogP contribution in [0.2, 0.25) is 0 Å². The predicted octanol–water partition coefficient (Wildman–Crippen LogP) is 2.64. The molecule has 1 aliphatic heterocycles. The zero-order valence-electron chi connectivity index (χ0n) is 14.0. The van der Waals surface area contributed by atoms with Gasteiger partial charge in [-0.25, -0.2) is 0 Å². The molecule has 6 heteroatoms. The van der Waals surface area contributed by atoms with Gasteiger partial charge < -0.3 is 19.3 Å². The van der Waals surface area contributed by atoms with Crippen LogP contribution < -0.4 is 10.1 Å². The first-order valence-corrected chi connectivity index (χ1v) is 8.13. The molecule has 1 saturated heterocycles. The van der Waals surface area contributed by atoms with Crippen molar-refractivity contribution in [2.75, 3.05) is 19.8 Å². The Morgan fingerprint density at radius 3 is 2.96 bits per heavy atom. The van der Waals surface area contributed by atoms with Crippen molar-refractivity contribution in [3.05, 3.63) is 46.8 Å². The van der Waals surface area contributed by atoms with Gasteiger partial charge in [0.15, 0.2) is 5.69 Å². The minimum Gasteiger partial charge on any atom is -0.493 e. The van der Waals surface area contributed by atoms with Gasteiger partial charge in [0, 0.05) is 30.7 Å². The maximum absolute atomic E-state index is 12.1. The predicted molar refractivity (Wildman–Crippen MR) is 88.0 cm³/mol. The van der Waals surface area contributed by atoms with E-state index >= 15 is 0 Å². The van der Waals surface area contributed by atoms with Crippen LogP contribution in [0.25, 0.3) is 0 Å². The highest BCUT2D eigenvalue weighted by molar-refractivity contribution is 5.92. The third kappa shape index (κ3) is 4.14. The van der Waals surface area contributed by atoms with Crippen LogP contribution in [0.5, 0.6) is 5.75 Å². The van der Waals surface area contributed by atoms with Crippen molar-refractivity contribution in [3.63, 3.8) is 0 Å². The zero-order chi connectivity index (χ0) is 16.9. The molecule has 128 valence electrons. The fourth-order valence-corrected chi connectivity index (χ4v) is 2.60. The van der Waals surface area contributed by atoms with Crippen molar-refractivity contribution in [3.8, 4) is 5.75 Å². The van der Waals surface area contributed by atoms with Crippen LogP contribution in [0.1, 0.15) is 33.8 Å². The Morgan fingerprint density at radius 1 is 1.38 bits per heavy atom. The molecule has 1 aromatic heterocycles. The Bertz CT molecular complexity index is 705.